The lowest BCUT2D eigenvalue weighted by Crippen LogP contribution is -2.46. The highest BCUT2D eigenvalue weighted by Gasteiger charge is 2.51. The monoisotopic (exact) mass is 526 g/mol. The number of carboxylic acid groups (broad SMARTS) is 1. The fraction of sp³-hybridized carbons (Fsp3) is 0.429. The van der Waals surface area contributed by atoms with Crippen molar-refractivity contribution in [1.29, 1.82) is 0 Å². The second kappa shape index (κ2) is 9.40. The van der Waals surface area contributed by atoms with E-state index in [1.807, 2.05) is 30.3 Å². The van der Waals surface area contributed by atoms with Gasteiger partial charge in [-0.2, -0.15) is 0 Å². The molecule has 2 aromatic carbocycles. The molecule has 1 saturated heterocycles. The van der Waals surface area contributed by atoms with Crippen LogP contribution in [0.2, 0.25) is 10.0 Å². The van der Waals surface area contributed by atoms with Crippen molar-refractivity contribution >= 4 is 34.9 Å². The highest BCUT2D eigenvalue weighted by molar-refractivity contribution is 6.39. The second-order valence-electron chi connectivity index (χ2n) is 10.1. The van der Waals surface area contributed by atoms with Gasteiger partial charge >= 0.3 is 5.97 Å². The maximum Gasteiger partial charge on any atom is 0.335 e. The number of fused-ring (bicyclic) bond motifs is 2. The van der Waals surface area contributed by atoms with Crippen LogP contribution in [0.15, 0.2) is 47.0 Å². The number of rotatable bonds is 8. The first-order valence-corrected chi connectivity index (χ1v) is 13.4. The molecule has 3 aromatic rings. The lowest BCUT2D eigenvalue weighted by molar-refractivity contribution is 0.00158. The van der Waals surface area contributed by atoms with E-state index in [1.54, 1.807) is 12.1 Å². The summed E-state index contributed by atoms with van der Waals surface area (Å²) in [4.78, 5) is 13.7. The van der Waals surface area contributed by atoms with Crippen molar-refractivity contribution in [3.8, 4) is 11.3 Å². The SMILES string of the molecule is CCC1C2CC(CC2OCc2c(-c3c(Cl)cccc3Cl)noc2C2CC2)N1c1ccc(C(=O)O)cc1. The van der Waals surface area contributed by atoms with Gasteiger partial charge in [0, 0.05) is 40.7 Å². The zero-order chi connectivity index (χ0) is 25.0. The molecule has 6 rings (SSSR count). The Hall–Kier alpha value is -2.54. The number of anilines is 1. The van der Waals surface area contributed by atoms with Crippen LogP contribution in [0.1, 0.15) is 66.6 Å². The van der Waals surface area contributed by atoms with Crippen LogP contribution >= 0.6 is 23.2 Å². The molecule has 188 valence electrons. The molecule has 1 N–H and O–H groups in total. The molecule has 6 nitrogen and oxygen atoms in total. The van der Waals surface area contributed by atoms with Crippen molar-refractivity contribution in [2.45, 2.75) is 69.7 Å². The Morgan fingerprint density at radius 3 is 2.50 bits per heavy atom. The number of halogens is 2. The van der Waals surface area contributed by atoms with Gasteiger partial charge in [0.25, 0.3) is 0 Å². The summed E-state index contributed by atoms with van der Waals surface area (Å²) in [7, 11) is 0. The third-order valence-electron chi connectivity index (χ3n) is 8.01. The van der Waals surface area contributed by atoms with Crippen molar-refractivity contribution in [3.05, 3.63) is 69.4 Å². The number of benzene rings is 2. The quantitative estimate of drug-likeness (QED) is 0.334. The van der Waals surface area contributed by atoms with Crippen LogP contribution in [0.25, 0.3) is 11.3 Å². The van der Waals surface area contributed by atoms with Crippen molar-refractivity contribution in [1.82, 2.24) is 5.16 Å². The predicted octanol–water partition coefficient (Wildman–Crippen LogP) is 7.19. The first-order chi connectivity index (χ1) is 17.5. The Bertz CT molecular complexity index is 1270. The minimum atomic E-state index is -0.901. The van der Waals surface area contributed by atoms with Crippen LogP contribution < -0.4 is 4.90 Å². The molecule has 0 amide bonds. The molecule has 2 bridgehead atoms. The number of nitrogens with zero attached hydrogens (tertiary/aromatic N) is 2. The normalized spacial score (nSPS) is 25.0. The number of aromatic carboxylic acids is 1. The molecule has 36 heavy (non-hydrogen) atoms. The van der Waals surface area contributed by atoms with E-state index in [1.165, 1.54) is 0 Å². The van der Waals surface area contributed by atoms with Gasteiger partial charge in [-0.25, -0.2) is 4.79 Å². The van der Waals surface area contributed by atoms with Crippen LogP contribution in [-0.4, -0.2) is 34.4 Å². The zero-order valence-corrected chi connectivity index (χ0v) is 21.5. The smallest absolute Gasteiger partial charge is 0.335 e. The maximum absolute atomic E-state index is 11.3. The molecule has 1 aromatic heterocycles. The summed E-state index contributed by atoms with van der Waals surface area (Å²) in [5.41, 5.74) is 3.74. The topological polar surface area (TPSA) is 75.8 Å². The molecule has 4 atom stereocenters. The molecule has 4 unspecified atom stereocenters. The molecule has 1 aliphatic heterocycles. The molecular weight excluding hydrogens is 499 g/mol. The third kappa shape index (κ3) is 4.09. The van der Waals surface area contributed by atoms with Crippen LogP contribution in [-0.2, 0) is 11.3 Å². The molecule has 8 heteroatoms. The van der Waals surface area contributed by atoms with Gasteiger partial charge in [-0.3, -0.25) is 0 Å². The lowest BCUT2D eigenvalue weighted by Gasteiger charge is -2.40. The molecule has 2 saturated carbocycles. The Kier molecular flexibility index (Phi) is 6.22. The lowest BCUT2D eigenvalue weighted by atomic mass is 9.93. The molecule has 2 heterocycles. The van der Waals surface area contributed by atoms with Gasteiger partial charge in [0.15, 0.2) is 0 Å². The minimum absolute atomic E-state index is 0.144. The number of aromatic nitrogens is 1. The first kappa shape index (κ1) is 23.8. The van der Waals surface area contributed by atoms with E-state index >= 15 is 0 Å². The third-order valence-corrected chi connectivity index (χ3v) is 8.64. The molecule has 3 fully saturated rings. The fourth-order valence-electron chi connectivity index (χ4n) is 6.22. The number of hydrogen-bond donors (Lipinski definition) is 1. The highest BCUT2D eigenvalue weighted by atomic mass is 35.5. The minimum Gasteiger partial charge on any atom is -0.478 e. The van der Waals surface area contributed by atoms with Crippen LogP contribution in [0, 0.1) is 5.92 Å². The standard InChI is InChI=1S/C28H28Cl2N2O4/c1-2-23-19-12-18(32(23)17-10-8-16(9-11-17)28(33)34)13-24(19)35-14-20-26(31-36-27(20)15-6-7-15)25-21(29)4-3-5-22(25)30/h3-5,8-11,15,18-19,23-24H,2,6-7,12-14H2,1H3,(H,33,34). The van der Waals surface area contributed by atoms with Crippen LogP contribution in [0.5, 0.6) is 0 Å². The molecular formula is C28H28Cl2N2O4. The van der Waals surface area contributed by atoms with E-state index in [9.17, 15) is 9.90 Å². The average molecular weight is 527 g/mol. The van der Waals surface area contributed by atoms with Crippen molar-refractivity contribution in [2.75, 3.05) is 4.90 Å². The van der Waals surface area contributed by atoms with Gasteiger partial charge in [-0.05, 0) is 68.5 Å². The Labute approximate surface area is 220 Å². The summed E-state index contributed by atoms with van der Waals surface area (Å²) in [6.07, 6.45) is 5.35. The van der Waals surface area contributed by atoms with Gasteiger partial charge in [-0.15, -0.1) is 0 Å². The van der Waals surface area contributed by atoms with Gasteiger partial charge < -0.3 is 19.3 Å². The summed E-state index contributed by atoms with van der Waals surface area (Å²) in [6, 6.07) is 13.4. The summed E-state index contributed by atoms with van der Waals surface area (Å²) < 4.78 is 12.4. The van der Waals surface area contributed by atoms with Crippen molar-refractivity contribution < 1.29 is 19.2 Å². The van der Waals surface area contributed by atoms with E-state index in [4.69, 9.17) is 32.5 Å². The van der Waals surface area contributed by atoms with Gasteiger partial charge in [-0.1, -0.05) is 41.3 Å². The number of carboxylic acids is 1. The van der Waals surface area contributed by atoms with E-state index < -0.39 is 5.97 Å². The van der Waals surface area contributed by atoms with E-state index in [0.29, 0.717) is 57.4 Å². The Morgan fingerprint density at radius 2 is 1.86 bits per heavy atom. The second-order valence-corrected chi connectivity index (χ2v) is 10.9. The first-order valence-electron chi connectivity index (χ1n) is 12.6. The summed E-state index contributed by atoms with van der Waals surface area (Å²) in [5, 5.41) is 14.7. The van der Waals surface area contributed by atoms with Crippen LogP contribution in [0.4, 0.5) is 5.69 Å². The predicted molar refractivity (Wildman–Crippen MR) is 139 cm³/mol. The number of carbonyl (C=O) groups is 1. The number of ether oxygens (including phenoxy) is 1. The molecule has 3 aliphatic rings. The zero-order valence-electron chi connectivity index (χ0n) is 20.0. The van der Waals surface area contributed by atoms with E-state index in [-0.39, 0.29) is 6.10 Å². The summed E-state index contributed by atoms with van der Waals surface area (Å²) in [6.45, 7) is 2.63. The fourth-order valence-corrected chi connectivity index (χ4v) is 6.80. The Balaban J connectivity index is 1.22. The van der Waals surface area contributed by atoms with E-state index in [0.717, 1.165) is 49.1 Å². The van der Waals surface area contributed by atoms with Crippen LogP contribution in [0.3, 0.4) is 0 Å². The number of hydrogen-bond acceptors (Lipinski definition) is 5. The molecule has 2 aliphatic carbocycles. The summed E-state index contributed by atoms with van der Waals surface area (Å²) >= 11 is 13.0. The molecule has 0 radical (unpaired) electrons. The Morgan fingerprint density at radius 1 is 1.14 bits per heavy atom. The van der Waals surface area contributed by atoms with Gasteiger partial charge in [0.05, 0.1) is 28.3 Å². The van der Waals surface area contributed by atoms with Crippen molar-refractivity contribution in [2.24, 2.45) is 5.92 Å². The summed E-state index contributed by atoms with van der Waals surface area (Å²) in [5.74, 6) is 0.799. The van der Waals surface area contributed by atoms with Crippen molar-refractivity contribution in [3.63, 3.8) is 0 Å². The van der Waals surface area contributed by atoms with E-state index in [2.05, 4.69) is 17.0 Å². The average Bonchev–Trinajstić information content (AvgIpc) is 3.36. The maximum atomic E-state index is 11.3. The van der Waals surface area contributed by atoms with Gasteiger partial charge in [0.1, 0.15) is 11.5 Å². The highest BCUT2D eigenvalue weighted by Crippen LogP contribution is 2.49. The number of piperidine rings is 1. The van der Waals surface area contributed by atoms with Gasteiger partial charge in [0.2, 0.25) is 0 Å². The molecule has 0 spiro atoms. The largest absolute Gasteiger partial charge is 0.478 e.